The van der Waals surface area contributed by atoms with Crippen LogP contribution in [0.1, 0.15) is 15.9 Å². The average Bonchev–Trinajstić information content (AvgIpc) is 3.17. The van der Waals surface area contributed by atoms with E-state index in [1.807, 2.05) is 24.3 Å². The van der Waals surface area contributed by atoms with Crippen molar-refractivity contribution in [2.45, 2.75) is 6.92 Å². The minimum atomic E-state index is -1.16. The van der Waals surface area contributed by atoms with E-state index in [1.54, 1.807) is 43.6 Å². The fourth-order valence-electron chi connectivity index (χ4n) is 3.27. The van der Waals surface area contributed by atoms with E-state index in [4.69, 9.17) is 9.15 Å². The molecule has 0 saturated heterocycles. The number of carbonyl (C=O) groups excluding carboxylic acids is 1. The van der Waals surface area contributed by atoms with Gasteiger partial charge in [0.2, 0.25) is 5.88 Å². The Bertz CT molecular complexity index is 1250. The van der Waals surface area contributed by atoms with Crippen LogP contribution in [0.25, 0.3) is 22.1 Å². The third-order valence-electron chi connectivity index (χ3n) is 4.70. The van der Waals surface area contributed by atoms with Gasteiger partial charge in [-0.3, -0.25) is 4.98 Å². The number of carboxylic acids is 1. The number of carboxylic acid groups (broad SMARTS) is 1. The Balaban J connectivity index is 1.85. The number of pyridine rings is 1. The zero-order chi connectivity index (χ0) is 21.3. The zero-order valence-electron chi connectivity index (χ0n) is 16.3. The maximum Gasteiger partial charge on any atom is 0.421 e. The summed E-state index contributed by atoms with van der Waals surface area (Å²) in [4.78, 5) is 29.6. The van der Waals surface area contributed by atoms with Crippen molar-refractivity contribution in [3.8, 4) is 11.1 Å². The molecule has 0 bridgehead atoms. The molecular formula is C23H18N2O5. The van der Waals surface area contributed by atoms with Crippen LogP contribution in [0, 0.1) is 6.92 Å². The molecule has 0 spiro atoms. The van der Waals surface area contributed by atoms with Gasteiger partial charge in [0.15, 0.2) is 0 Å². The lowest BCUT2D eigenvalue weighted by Gasteiger charge is -2.20. The van der Waals surface area contributed by atoms with E-state index in [0.29, 0.717) is 5.58 Å². The number of carbonyl (C=O) groups is 2. The molecule has 0 fully saturated rings. The maximum absolute atomic E-state index is 12.6. The van der Waals surface area contributed by atoms with Crippen molar-refractivity contribution in [2.24, 2.45) is 0 Å². The molecule has 0 aliphatic heterocycles. The van der Waals surface area contributed by atoms with Crippen LogP contribution >= 0.6 is 0 Å². The summed E-state index contributed by atoms with van der Waals surface area (Å²) in [7, 11) is 1.23. The minimum absolute atomic E-state index is 0.0306. The summed E-state index contributed by atoms with van der Waals surface area (Å²) in [5, 5.41) is 10.4. The van der Waals surface area contributed by atoms with E-state index in [2.05, 4.69) is 4.98 Å². The normalized spacial score (nSPS) is 10.7. The first-order chi connectivity index (χ1) is 14.5. The molecule has 0 unspecified atom stereocenters. The molecule has 0 saturated carbocycles. The van der Waals surface area contributed by atoms with Gasteiger partial charge in [0, 0.05) is 29.4 Å². The number of aryl methyl sites for hydroxylation is 1. The van der Waals surface area contributed by atoms with E-state index >= 15 is 0 Å². The molecule has 4 aromatic rings. The predicted molar refractivity (Wildman–Crippen MR) is 112 cm³/mol. The molecule has 0 aliphatic carbocycles. The highest BCUT2D eigenvalue weighted by molar-refractivity contribution is 6.04. The number of hydrogen-bond acceptors (Lipinski definition) is 5. The second-order valence-corrected chi connectivity index (χ2v) is 6.71. The quantitative estimate of drug-likeness (QED) is 0.491. The molecule has 7 heteroatoms. The molecule has 2 aromatic carbocycles. The highest BCUT2D eigenvalue weighted by Gasteiger charge is 2.27. The third-order valence-corrected chi connectivity index (χ3v) is 4.70. The van der Waals surface area contributed by atoms with E-state index < -0.39 is 12.1 Å². The maximum atomic E-state index is 12.6. The summed E-state index contributed by atoms with van der Waals surface area (Å²) in [6.45, 7) is 1.78. The first-order valence-electron chi connectivity index (χ1n) is 9.14. The van der Waals surface area contributed by atoms with E-state index in [0.717, 1.165) is 27.0 Å². The van der Waals surface area contributed by atoms with E-state index in [1.165, 1.54) is 13.2 Å². The number of methoxy groups -OCH3 is 1. The Labute approximate surface area is 172 Å². The molecule has 1 amide bonds. The van der Waals surface area contributed by atoms with Gasteiger partial charge in [-0.25, -0.2) is 14.5 Å². The van der Waals surface area contributed by atoms with Crippen molar-refractivity contribution >= 4 is 34.6 Å². The van der Waals surface area contributed by atoms with Gasteiger partial charge in [-0.2, -0.15) is 0 Å². The number of aromatic nitrogens is 1. The number of rotatable bonds is 4. The van der Waals surface area contributed by atoms with Crippen LogP contribution in [0.3, 0.4) is 0 Å². The zero-order valence-corrected chi connectivity index (χ0v) is 16.3. The van der Waals surface area contributed by atoms with Crippen LogP contribution in [0.4, 0.5) is 16.4 Å². The van der Waals surface area contributed by atoms with Crippen LogP contribution in [-0.4, -0.2) is 29.3 Å². The Morgan fingerprint density at radius 3 is 2.60 bits per heavy atom. The van der Waals surface area contributed by atoms with Gasteiger partial charge in [-0.05, 0) is 42.8 Å². The summed E-state index contributed by atoms with van der Waals surface area (Å²) in [6.07, 6.45) is 2.70. The Hall–Kier alpha value is -4.13. The summed E-state index contributed by atoms with van der Waals surface area (Å²) in [6, 6.07) is 15.9. The smallest absolute Gasteiger partial charge is 0.421 e. The number of fused-ring (bicyclic) bond motifs is 1. The number of amides is 1. The van der Waals surface area contributed by atoms with Gasteiger partial charge in [-0.1, -0.05) is 23.8 Å². The molecule has 150 valence electrons. The van der Waals surface area contributed by atoms with E-state index in [9.17, 15) is 14.7 Å². The highest BCUT2D eigenvalue weighted by Crippen LogP contribution is 2.35. The molecule has 0 aliphatic rings. The summed E-state index contributed by atoms with van der Waals surface area (Å²) < 4.78 is 10.8. The van der Waals surface area contributed by atoms with Crippen LogP contribution in [-0.2, 0) is 4.74 Å². The Morgan fingerprint density at radius 1 is 1.07 bits per heavy atom. The molecular weight excluding hydrogens is 384 g/mol. The molecule has 2 heterocycles. The van der Waals surface area contributed by atoms with Crippen molar-refractivity contribution in [3.63, 3.8) is 0 Å². The fourth-order valence-corrected chi connectivity index (χ4v) is 3.27. The van der Waals surface area contributed by atoms with E-state index in [-0.39, 0.29) is 17.1 Å². The van der Waals surface area contributed by atoms with Crippen LogP contribution < -0.4 is 4.90 Å². The number of nitrogens with zero attached hydrogens (tertiary/aromatic N) is 2. The minimum Gasteiger partial charge on any atom is -0.478 e. The monoisotopic (exact) mass is 402 g/mol. The average molecular weight is 402 g/mol. The van der Waals surface area contributed by atoms with Crippen LogP contribution in [0.5, 0.6) is 0 Å². The molecule has 2 aromatic heterocycles. The number of furan rings is 1. The van der Waals surface area contributed by atoms with Gasteiger partial charge >= 0.3 is 12.1 Å². The molecule has 0 atom stereocenters. The first-order valence-corrected chi connectivity index (χ1v) is 9.14. The topological polar surface area (TPSA) is 92.9 Å². The Kier molecular flexibility index (Phi) is 4.93. The highest BCUT2D eigenvalue weighted by atomic mass is 16.5. The van der Waals surface area contributed by atoms with Crippen molar-refractivity contribution < 1.29 is 23.8 Å². The second-order valence-electron chi connectivity index (χ2n) is 6.71. The van der Waals surface area contributed by atoms with Gasteiger partial charge in [0.25, 0.3) is 0 Å². The SMILES string of the molecule is COC(=O)N(c1cc2cc(-c3cccnc3)ccc2o1)c1ccc(C)cc1C(=O)O. The first kappa shape index (κ1) is 19.2. The van der Waals surface area contributed by atoms with Crippen molar-refractivity contribution in [1.29, 1.82) is 0 Å². The largest absolute Gasteiger partial charge is 0.478 e. The Morgan fingerprint density at radius 2 is 1.90 bits per heavy atom. The lowest BCUT2D eigenvalue weighted by Crippen LogP contribution is -2.27. The fraction of sp³-hybridized carbons (Fsp3) is 0.0870. The van der Waals surface area contributed by atoms with Crippen molar-refractivity contribution in [1.82, 2.24) is 4.98 Å². The van der Waals surface area contributed by atoms with Crippen molar-refractivity contribution in [3.05, 3.63) is 78.1 Å². The number of anilines is 2. The molecule has 4 rings (SSSR count). The molecule has 7 nitrogen and oxygen atoms in total. The van der Waals surface area contributed by atoms with Crippen LogP contribution in [0.15, 0.2) is 71.4 Å². The number of benzene rings is 2. The van der Waals surface area contributed by atoms with Gasteiger partial charge in [0.1, 0.15) is 5.58 Å². The van der Waals surface area contributed by atoms with Gasteiger partial charge < -0.3 is 14.3 Å². The van der Waals surface area contributed by atoms with Gasteiger partial charge in [-0.15, -0.1) is 0 Å². The number of hydrogen-bond donors (Lipinski definition) is 1. The van der Waals surface area contributed by atoms with Gasteiger partial charge in [0.05, 0.1) is 18.4 Å². The lowest BCUT2D eigenvalue weighted by atomic mass is 10.1. The predicted octanol–water partition coefficient (Wildman–Crippen LogP) is 5.41. The summed E-state index contributed by atoms with van der Waals surface area (Å²) in [5.41, 5.74) is 3.32. The third kappa shape index (κ3) is 3.48. The molecule has 0 radical (unpaired) electrons. The second kappa shape index (κ2) is 7.71. The number of aromatic carboxylic acids is 1. The lowest BCUT2D eigenvalue weighted by molar-refractivity contribution is 0.0697. The van der Waals surface area contributed by atoms with Crippen molar-refractivity contribution in [2.75, 3.05) is 12.0 Å². The number of ether oxygens (including phenoxy) is 1. The molecule has 30 heavy (non-hydrogen) atoms. The molecule has 1 N–H and O–H groups in total. The summed E-state index contributed by atoms with van der Waals surface area (Å²) >= 11 is 0. The standard InChI is InChI=1S/C23H18N2O5/c1-14-5-7-19(18(10-14)22(26)27)25(23(28)29-2)21-12-17-11-15(6-8-20(17)30-21)16-4-3-9-24-13-16/h3-13H,1-2H3,(H,26,27). The van der Waals surface area contributed by atoms with Crippen LogP contribution in [0.2, 0.25) is 0 Å². The summed E-state index contributed by atoms with van der Waals surface area (Å²) in [5.74, 6) is -0.996.